The zero-order valence-electron chi connectivity index (χ0n) is 15.2. The normalized spacial score (nSPS) is 27.9. The average molecular weight is 477 g/mol. The minimum atomic E-state index is -1.70. The van der Waals surface area contributed by atoms with E-state index in [-0.39, 0.29) is 5.70 Å². The summed E-state index contributed by atoms with van der Waals surface area (Å²) in [6.45, 7) is -0.812. The molecule has 6 N–H and O–H groups in total. The second-order valence-corrected chi connectivity index (χ2v) is 8.99. The van der Waals surface area contributed by atoms with Crippen LogP contribution in [0.4, 0.5) is 0 Å². The molecule has 0 aromatic rings. The van der Waals surface area contributed by atoms with Crippen molar-refractivity contribution in [1.29, 1.82) is 0 Å². The van der Waals surface area contributed by atoms with Gasteiger partial charge in [-0.3, -0.25) is 20.2 Å². The fourth-order valence-electron chi connectivity index (χ4n) is 2.75. The standard InChI is InChI=1S/C14H16N6O7S3/c1-28-5-3-29-12-7(11(24)20(12)8(5)13(25)26)18-10(23)9(19-27-2-6(21)22)14(15)16-4-17-30-14/h4,7,12H,2-3,15H2,1H3,(H,16,17)(H,18,23)(H,21,22)(H,25,26)/b19-9-/t7?,12-,14?/m1/s1. The van der Waals surface area contributed by atoms with Crippen LogP contribution in [0.2, 0.25) is 0 Å². The molecule has 3 atom stereocenters. The molecule has 2 amide bonds. The summed E-state index contributed by atoms with van der Waals surface area (Å²) in [5, 5.41) is 23.5. The number of thioether (sulfide) groups is 2. The monoisotopic (exact) mass is 476 g/mol. The van der Waals surface area contributed by atoms with Crippen LogP contribution < -0.4 is 15.8 Å². The summed E-state index contributed by atoms with van der Waals surface area (Å²) in [7, 11) is 0. The maximum Gasteiger partial charge on any atom is 0.353 e. The molecule has 3 heterocycles. The summed E-state index contributed by atoms with van der Waals surface area (Å²) in [5.74, 6) is -3.66. The number of carbonyl (C=O) groups is 4. The third kappa shape index (κ3) is 4.07. The Balaban J connectivity index is 1.78. The van der Waals surface area contributed by atoms with Crippen LogP contribution in [-0.2, 0) is 24.0 Å². The van der Waals surface area contributed by atoms with Gasteiger partial charge in [-0.2, -0.15) is 0 Å². The highest BCUT2D eigenvalue weighted by atomic mass is 32.2. The number of β-lactam (4-membered cyclic amide) rings is 1. The second-order valence-electron chi connectivity index (χ2n) is 5.92. The maximum absolute atomic E-state index is 12.8. The van der Waals surface area contributed by atoms with Crippen molar-refractivity contribution in [3.05, 3.63) is 10.6 Å². The lowest BCUT2D eigenvalue weighted by atomic mass is 10.0. The summed E-state index contributed by atoms with van der Waals surface area (Å²) >= 11 is 3.37. The molecule has 0 bridgehead atoms. The highest BCUT2D eigenvalue weighted by molar-refractivity contribution is 8.05. The van der Waals surface area contributed by atoms with E-state index < -0.39 is 52.5 Å². The van der Waals surface area contributed by atoms with E-state index in [0.717, 1.165) is 16.8 Å². The van der Waals surface area contributed by atoms with Gasteiger partial charge in [-0.1, -0.05) is 5.16 Å². The fraction of sp³-hybridized carbons (Fsp3) is 0.429. The van der Waals surface area contributed by atoms with Crippen LogP contribution in [0.25, 0.3) is 0 Å². The Morgan fingerprint density at radius 1 is 1.53 bits per heavy atom. The summed E-state index contributed by atoms with van der Waals surface area (Å²) in [6.07, 6.45) is 2.95. The van der Waals surface area contributed by atoms with Crippen LogP contribution in [0, 0.1) is 0 Å². The largest absolute Gasteiger partial charge is 0.479 e. The first-order valence-electron chi connectivity index (χ1n) is 8.14. The highest BCUT2D eigenvalue weighted by Gasteiger charge is 2.55. The number of amides is 2. The third-order valence-electron chi connectivity index (χ3n) is 4.09. The van der Waals surface area contributed by atoms with E-state index in [4.69, 9.17) is 10.8 Å². The van der Waals surface area contributed by atoms with Crippen LogP contribution in [-0.4, -0.2) is 85.9 Å². The molecule has 13 nitrogen and oxygen atoms in total. The maximum atomic E-state index is 12.8. The van der Waals surface area contributed by atoms with Gasteiger partial charge in [0.1, 0.15) is 17.1 Å². The highest BCUT2D eigenvalue weighted by Crippen LogP contribution is 2.42. The van der Waals surface area contributed by atoms with Crippen molar-refractivity contribution in [3.63, 3.8) is 0 Å². The quantitative estimate of drug-likeness (QED) is 0.117. The van der Waals surface area contributed by atoms with Crippen LogP contribution in [0.15, 0.2) is 20.8 Å². The fourth-order valence-corrected chi connectivity index (χ4v) is 5.62. The number of nitrogens with two attached hydrogens (primary N) is 1. The van der Waals surface area contributed by atoms with Gasteiger partial charge in [-0.15, -0.1) is 23.5 Å². The predicted octanol–water partition coefficient (Wildman–Crippen LogP) is -1.61. The Bertz CT molecular complexity index is 893. The number of carboxylic acids is 2. The number of hydrogen-bond donors (Lipinski definition) is 5. The van der Waals surface area contributed by atoms with Crippen molar-refractivity contribution in [3.8, 4) is 0 Å². The molecule has 3 aliphatic heterocycles. The zero-order valence-corrected chi connectivity index (χ0v) is 17.7. The van der Waals surface area contributed by atoms with E-state index in [0.29, 0.717) is 10.7 Å². The van der Waals surface area contributed by atoms with E-state index in [1.54, 1.807) is 6.26 Å². The Labute approximate surface area is 182 Å². The van der Waals surface area contributed by atoms with Gasteiger partial charge in [0.05, 0.1) is 6.34 Å². The van der Waals surface area contributed by atoms with Gasteiger partial charge in [-0.05, 0) is 6.26 Å². The molecule has 1 fully saturated rings. The number of nitrogens with zero attached hydrogens (tertiary/aromatic N) is 3. The molecule has 0 aliphatic carbocycles. The van der Waals surface area contributed by atoms with E-state index in [9.17, 15) is 24.3 Å². The van der Waals surface area contributed by atoms with E-state index in [1.165, 1.54) is 29.9 Å². The van der Waals surface area contributed by atoms with Crippen molar-refractivity contribution >= 4 is 71.3 Å². The van der Waals surface area contributed by atoms with Crippen LogP contribution >= 0.6 is 35.5 Å². The zero-order chi connectivity index (χ0) is 22.1. The van der Waals surface area contributed by atoms with Crippen LogP contribution in [0.3, 0.4) is 0 Å². The van der Waals surface area contributed by atoms with E-state index >= 15 is 0 Å². The molecule has 162 valence electrons. The molecule has 2 unspecified atom stereocenters. The molecule has 0 aromatic carbocycles. The van der Waals surface area contributed by atoms with Gasteiger partial charge < -0.3 is 25.1 Å². The molecule has 1 saturated heterocycles. The van der Waals surface area contributed by atoms with Gasteiger partial charge in [0.25, 0.3) is 11.8 Å². The van der Waals surface area contributed by atoms with Crippen LogP contribution in [0.5, 0.6) is 0 Å². The number of carbonyl (C=O) groups excluding carboxylic acids is 2. The Morgan fingerprint density at radius 3 is 2.83 bits per heavy atom. The van der Waals surface area contributed by atoms with Crippen molar-refractivity contribution < 1.29 is 34.2 Å². The molecule has 30 heavy (non-hydrogen) atoms. The summed E-state index contributed by atoms with van der Waals surface area (Å²) < 4.78 is 2.63. The lowest BCUT2D eigenvalue weighted by molar-refractivity contribution is -0.150. The van der Waals surface area contributed by atoms with Crippen molar-refractivity contribution in [2.45, 2.75) is 16.4 Å². The molecule has 0 spiro atoms. The van der Waals surface area contributed by atoms with Gasteiger partial charge in [-0.25, -0.2) is 14.6 Å². The average Bonchev–Trinajstić information content (AvgIpc) is 3.14. The minimum Gasteiger partial charge on any atom is -0.479 e. The van der Waals surface area contributed by atoms with Gasteiger partial charge >= 0.3 is 11.9 Å². The molecule has 0 radical (unpaired) electrons. The molecular weight excluding hydrogens is 460 g/mol. The summed E-state index contributed by atoms with van der Waals surface area (Å²) in [4.78, 5) is 56.2. The molecule has 3 rings (SSSR count). The number of rotatable bonds is 8. The Hall–Kier alpha value is -2.43. The molecular formula is C14H16N6O7S3. The number of aliphatic imine (C=N–C) groups is 1. The first-order chi connectivity index (χ1) is 14.2. The Morgan fingerprint density at radius 2 is 2.27 bits per heavy atom. The SMILES string of the molecule is CSC1=C(C(=O)O)N2C(=O)C(NC(=O)/C(=N/OCC(=O)O)C3(N)N=CNS3)[C@H]2SC1. The molecule has 0 aromatic heterocycles. The van der Waals surface area contributed by atoms with Gasteiger partial charge in [0, 0.05) is 22.6 Å². The van der Waals surface area contributed by atoms with Gasteiger partial charge in [0.15, 0.2) is 5.71 Å². The number of nitrogens with one attached hydrogen (secondary N) is 2. The number of oxime groups is 1. The smallest absolute Gasteiger partial charge is 0.353 e. The van der Waals surface area contributed by atoms with Crippen molar-refractivity contribution in [2.75, 3.05) is 18.6 Å². The topological polar surface area (TPSA) is 196 Å². The molecule has 3 aliphatic rings. The van der Waals surface area contributed by atoms with Crippen molar-refractivity contribution in [2.24, 2.45) is 15.9 Å². The molecule has 16 heteroatoms. The van der Waals surface area contributed by atoms with E-state index in [1.807, 2.05) is 0 Å². The van der Waals surface area contributed by atoms with Crippen molar-refractivity contribution in [1.82, 2.24) is 14.9 Å². The number of hydrogen-bond acceptors (Lipinski definition) is 12. The number of fused-ring (bicyclic) bond motifs is 1. The summed E-state index contributed by atoms with van der Waals surface area (Å²) in [5.41, 5.74) is 5.46. The van der Waals surface area contributed by atoms with Gasteiger partial charge in [0.2, 0.25) is 11.6 Å². The summed E-state index contributed by atoms with van der Waals surface area (Å²) in [6, 6.07) is -1.02. The lowest BCUT2D eigenvalue weighted by Crippen LogP contribution is -2.71. The minimum absolute atomic E-state index is 0.101. The van der Waals surface area contributed by atoms with E-state index in [2.05, 4.69) is 25.0 Å². The number of aliphatic carboxylic acids is 2. The predicted molar refractivity (Wildman–Crippen MR) is 110 cm³/mol. The Kier molecular flexibility index (Phi) is 6.49. The molecule has 0 saturated carbocycles. The first kappa shape index (κ1) is 22.3. The third-order valence-corrected chi connectivity index (χ3v) is 7.22. The number of carboxylic acid groups (broad SMARTS) is 2. The lowest BCUT2D eigenvalue weighted by Gasteiger charge is -2.49. The van der Waals surface area contributed by atoms with Crippen LogP contribution in [0.1, 0.15) is 0 Å². The second kappa shape index (κ2) is 8.75. The first-order valence-corrected chi connectivity index (χ1v) is 11.2.